The number of hydrogen-bond donors (Lipinski definition) is 1. The highest BCUT2D eigenvalue weighted by atomic mass is 16.1. The van der Waals surface area contributed by atoms with Gasteiger partial charge in [-0.1, -0.05) is 24.3 Å². The molecule has 0 saturated heterocycles. The van der Waals surface area contributed by atoms with Gasteiger partial charge in [-0.3, -0.25) is 14.8 Å². The van der Waals surface area contributed by atoms with Crippen molar-refractivity contribution in [2.45, 2.75) is 13.0 Å². The van der Waals surface area contributed by atoms with E-state index in [9.17, 15) is 4.79 Å². The monoisotopic (exact) mass is 356 g/mol. The lowest BCUT2D eigenvalue weighted by Crippen LogP contribution is -2.24. The number of aryl methyl sites for hydroxylation is 1. The molecule has 0 aliphatic heterocycles. The minimum absolute atomic E-state index is 0.00709. The third kappa shape index (κ3) is 3.58. The van der Waals surface area contributed by atoms with Gasteiger partial charge in [0.1, 0.15) is 0 Å². The Labute approximate surface area is 157 Å². The van der Waals surface area contributed by atoms with Gasteiger partial charge in [0, 0.05) is 54.8 Å². The number of benzene rings is 1. The van der Waals surface area contributed by atoms with Gasteiger partial charge < -0.3 is 9.88 Å². The molecule has 1 N–H and O–H groups in total. The maximum atomic E-state index is 12.5. The lowest BCUT2D eigenvalue weighted by molar-refractivity contribution is -0.120. The predicted molar refractivity (Wildman–Crippen MR) is 106 cm³/mol. The van der Waals surface area contributed by atoms with E-state index in [0.717, 1.165) is 33.3 Å². The molecular weight excluding hydrogens is 336 g/mol. The molecule has 27 heavy (non-hydrogen) atoms. The Morgan fingerprint density at radius 1 is 1.04 bits per heavy atom. The van der Waals surface area contributed by atoms with Gasteiger partial charge in [0.25, 0.3) is 0 Å². The molecule has 0 aliphatic rings. The fourth-order valence-corrected chi connectivity index (χ4v) is 3.34. The summed E-state index contributed by atoms with van der Waals surface area (Å²) in [6.07, 6.45) is 7.64. The van der Waals surface area contributed by atoms with Crippen molar-refractivity contribution in [1.82, 2.24) is 19.9 Å². The van der Waals surface area contributed by atoms with Crippen LogP contribution >= 0.6 is 0 Å². The zero-order chi connectivity index (χ0) is 18.6. The molecule has 0 radical (unpaired) electrons. The minimum atomic E-state index is -0.00709. The van der Waals surface area contributed by atoms with Gasteiger partial charge in [0.2, 0.25) is 5.91 Å². The summed E-state index contributed by atoms with van der Waals surface area (Å²) in [5, 5.41) is 4.14. The molecule has 1 amide bonds. The van der Waals surface area contributed by atoms with E-state index in [-0.39, 0.29) is 5.91 Å². The van der Waals surface area contributed by atoms with Crippen molar-refractivity contribution in [3.8, 4) is 11.3 Å². The normalized spacial score (nSPS) is 10.9. The first kappa shape index (κ1) is 17.0. The Kier molecular flexibility index (Phi) is 4.66. The molecule has 0 unspecified atom stereocenters. The van der Waals surface area contributed by atoms with Crippen molar-refractivity contribution in [2.24, 2.45) is 7.05 Å². The second-order valence-electron chi connectivity index (χ2n) is 6.49. The Bertz CT molecular complexity index is 1090. The third-order valence-electron chi connectivity index (χ3n) is 4.63. The number of hydrogen-bond acceptors (Lipinski definition) is 3. The molecule has 4 rings (SSSR count). The molecule has 1 aromatic carbocycles. The maximum absolute atomic E-state index is 12.5. The number of pyridine rings is 2. The van der Waals surface area contributed by atoms with E-state index in [1.807, 2.05) is 49.6 Å². The van der Waals surface area contributed by atoms with Crippen LogP contribution in [0.25, 0.3) is 22.2 Å². The van der Waals surface area contributed by atoms with Crippen molar-refractivity contribution in [1.29, 1.82) is 0 Å². The number of carbonyl (C=O) groups excluding carboxylic acids is 1. The van der Waals surface area contributed by atoms with Gasteiger partial charge >= 0.3 is 0 Å². The molecule has 4 aromatic rings. The zero-order valence-corrected chi connectivity index (χ0v) is 15.1. The van der Waals surface area contributed by atoms with Gasteiger partial charge in [0.05, 0.1) is 12.1 Å². The molecule has 0 saturated carbocycles. The average molecular weight is 356 g/mol. The van der Waals surface area contributed by atoms with Crippen molar-refractivity contribution < 1.29 is 4.79 Å². The van der Waals surface area contributed by atoms with Crippen LogP contribution in [0.3, 0.4) is 0 Å². The number of nitrogens with one attached hydrogen (secondary N) is 1. The number of nitrogens with zero attached hydrogens (tertiary/aromatic N) is 3. The molecular formula is C22H20N4O. The molecule has 5 nitrogen and oxygen atoms in total. The Balaban J connectivity index is 1.49. The standard InChI is InChI=1S/C22H20N4O/c1-26-15-18(19-8-2-3-9-20(19)26)12-21(27)25-14-17-7-5-11-24-22(17)16-6-4-10-23-13-16/h2-11,13,15H,12,14H2,1H3,(H,25,27). The van der Waals surface area contributed by atoms with Crippen LogP contribution < -0.4 is 5.32 Å². The summed E-state index contributed by atoms with van der Waals surface area (Å²) in [5.74, 6) is -0.00709. The summed E-state index contributed by atoms with van der Waals surface area (Å²) >= 11 is 0. The van der Waals surface area contributed by atoms with E-state index in [2.05, 4.69) is 32.0 Å². The molecule has 3 heterocycles. The second kappa shape index (κ2) is 7.41. The van der Waals surface area contributed by atoms with Gasteiger partial charge in [-0.05, 0) is 35.4 Å². The van der Waals surface area contributed by atoms with Crippen LogP contribution in [0.2, 0.25) is 0 Å². The molecule has 0 atom stereocenters. The van der Waals surface area contributed by atoms with E-state index >= 15 is 0 Å². The van der Waals surface area contributed by atoms with Crippen molar-refractivity contribution in [3.05, 3.63) is 84.4 Å². The lowest BCUT2D eigenvalue weighted by atomic mass is 10.1. The Morgan fingerprint density at radius 2 is 1.89 bits per heavy atom. The number of fused-ring (bicyclic) bond motifs is 1. The molecule has 0 spiro atoms. The summed E-state index contributed by atoms with van der Waals surface area (Å²) in [7, 11) is 2.00. The van der Waals surface area contributed by atoms with Crippen LogP contribution in [0.5, 0.6) is 0 Å². The number of rotatable bonds is 5. The lowest BCUT2D eigenvalue weighted by Gasteiger charge is -2.09. The molecule has 5 heteroatoms. The summed E-state index contributed by atoms with van der Waals surface area (Å²) in [4.78, 5) is 21.1. The van der Waals surface area contributed by atoms with Crippen molar-refractivity contribution in [3.63, 3.8) is 0 Å². The van der Waals surface area contributed by atoms with Crippen LogP contribution in [0.15, 0.2) is 73.3 Å². The van der Waals surface area contributed by atoms with Gasteiger partial charge in [-0.15, -0.1) is 0 Å². The van der Waals surface area contributed by atoms with E-state index in [1.54, 1.807) is 18.6 Å². The van der Waals surface area contributed by atoms with Crippen LogP contribution in [-0.2, 0) is 24.8 Å². The first-order valence-corrected chi connectivity index (χ1v) is 8.86. The molecule has 0 bridgehead atoms. The Hall–Kier alpha value is -3.47. The maximum Gasteiger partial charge on any atom is 0.224 e. The van der Waals surface area contributed by atoms with Gasteiger partial charge in [0.15, 0.2) is 0 Å². The van der Waals surface area contributed by atoms with Crippen LogP contribution in [0.4, 0.5) is 0 Å². The summed E-state index contributed by atoms with van der Waals surface area (Å²) in [5.41, 5.74) is 4.92. The quantitative estimate of drug-likeness (QED) is 0.595. The average Bonchev–Trinajstić information content (AvgIpc) is 3.03. The number of amides is 1. The topological polar surface area (TPSA) is 59.8 Å². The van der Waals surface area contributed by atoms with E-state index < -0.39 is 0 Å². The van der Waals surface area contributed by atoms with Crippen LogP contribution in [-0.4, -0.2) is 20.4 Å². The highest BCUT2D eigenvalue weighted by molar-refractivity contribution is 5.89. The fourth-order valence-electron chi connectivity index (χ4n) is 3.34. The van der Waals surface area contributed by atoms with E-state index in [1.165, 1.54) is 0 Å². The largest absolute Gasteiger partial charge is 0.352 e. The first-order valence-electron chi connectivity index (χ1n) is 8.86. The molecule has 134 valence electrons. The smallest absolute Gasteiger partial charge is 0.224 e. The SMILES string of the molecule is Cn1cc(CC(=O)NCc2cccnc2-c2cccnc2)c2ccccc21. The summed E-state index contributed by atoms with van der Waals surface area (Å²) in [6.45, 7) is 0.432. The Morgan fingerprint density at radius 3 is 2.74 bits per heavy atom. The number of carbonyl (C=O) groups is 1. The second-order valence-corrected chi connectivity index (χ2v) is 6.49. The molecule has 0 fully saturated rings. The fraction of sp³-hybridized carbons (Fsp3) is 0.136. The van der Waals surface area contributed by atoms with E-state index in [4.69, 9.17) is 0 Å². The summed E-state index contributed by atoms with van der Waals surface area (Å²) < 4.78 is 2.06. The van der Waals surface area contributed by atoms with Crippen LogP contribution in [0.1, 0.15) is 11.1 Å². The van der Waals surface area contributed by atoms with E-state index in [0.29, 0.717) is 13.0 Å². The van der Waals surface area contributed by atoms with Gasteiger partial charge in [-0.25, -0.2) is 0 Å². The first-order chi connectivity index (χ1) is 13.2. The molecule has 3 aromatic heterocycles. The predicted octanol–water partition coefficient (Wildman–Crippen LogP) is 3.49. The van der Waals surface area contributed by atoms with Gasteiger partial charge in [-0.2, -0.15) is 0 Å². The molecule has 0 aliphatic carbocycles. The number of aromatic nitrogens is 3. The van der Waals surface area contributed by atoms with Crippen molar-refractivity contribution in [2.75, 3.05) is 0 Å². The highest BCUT2D eigenvalue weighted by Crippen LogP contribution is 2.22. The summed E-state index contributed by atoms with van der Waals surface area (Å²) in [6, 6.07) is 15.8. The third-order valence-corrected chi connectivity index (χ3v) is 4.63. The highest BCUT2D eigenvalue weighted by Gasteiger charge is 2.12. The minimum Gasteiger partial charge on any atom is -0.352 e. The van der Waals surface area contributed by atoms with Crippen molar-refractivity contribution >= 4 is 16.8 Å². The zero-order valence-electron chi connectivity index (χ0n) is 15.1. The number of para-hydroxylation sites is 1. The van der Waals surface area contributed by atoms with Crippen LogP contribution in [0, 0.1) is 0 Å².